The van der Waals surface area contributed by atoms with E-state index < -0.39 is 0 Å². The first-order valence-corrected chi connectivity index (χ1v) is 6.23. The van der Waals surface area contributed by atoms with Gasteiger partial charge in [-0.3, -0.25) is 4.98 Å². The van der Waals surface area contributed by atoms with Gasteiger partial charge in [0.2, 0.25) is 0 Å². The minimum absolute atomic E-state index is 0.574. The molecule has 0 fully saturated rings. The van der Waals surface area contributed by atoms with Crippen LogP contribution in [-0.2, 0) is 6.42 Å². The van der Waals surface area contributed by atoms with Crippen molar-refractivity contribution in [3.63, 3.8) is 0 Å². The van der Waals surface area contributed by atoms with Crippen molar-refractivity contribution >= 4 is 0 Å². The number of pyridine rings is 1. The van der Waals surface area contributed by atoms with E-state index in [2.05, 4.69) is 50.1 Å². The van der Waals surface area contributed by atoms with Crippen LogP contribution in [0.5, 0.6) is 0 Å². The van der Waals surface area contributed by atoms with Crippen LogP contribution in [0.15, 0.2) is 24.4 Å². The van der Waals surface area contributed by atoms with E-state index in [1.807, 2.05) is 12.3 Å². The third-order valence-electron chi connectivity index (χ3n) is 3.08. The highest BCUT2D eigenvalue weighted by molar-refractivity contribution is 5.04. The summed E-state index contributed by atoms with van der Waals surface area (Å²) in [7, 11) is 0. The van der Waals surface area contributed by atoms with Gasteiger partial charge in [-0.2, -0.15) is 0 Å². The van der Waals surface area contributed by atoms with E-state index in [0.717, 1.165) is 13.0 Å². The summed E-state index contributed by atoms with van der Waals surface area (Å²) in [5.41, 5.74) is 1.20. The molecule has 1 rings (SSSR count). The molecular formula is C14H24N2. The number of nitrogens with one attached hydrogen (secondary N) is 1. The van der Waals surface area contributed by atoms with Crippen LogP contribution in [0, 0.1) is 11.8 Å². The summed E-state index contributed by atoms with van der Waals surface area (Å²) in [6.45, 7) is 10.1. The van der Waals surface area contributed by atoms with Crippen molar-refractivity contribution in [3.05, 3.63) is 30.1 Å². The first kappa shape index (κ1) is 13.2. The fourth-order valence-corrected chi connectivity index (χ4v) is 1.67. The van der Waals surface area contributed by atoms with Crippen molar-refractivity contribution in [3.8, 4) is 0 Å². The van der Waals surface area contributed by atoms with Crippen LogP contribution in [0.3, 0.4) is 0 Å². The smallest absolute Gasteiger partial charge is 0.0406 e. The van der Waals surface area contributed by atoms with E-state index in [-0.39, 0.29) is 0 Å². The van der Waals surface area contributed by atoms with Crippen LogP contribution >= 0.6 is 0 Å². The normalized spacial score (nSPS) is 15.1. The Morgan fingerprint density at radius 3 is 2.44 bits per heavy atom. The summed E-state index contributed by atoms with van der Waals surface area (Å²) in [5, 5.41) is 3.49. The molecule has 0 bridgehead atoms. The molecular weight excluding hydrogens is 196 g/mol. The topological polar surface area (TPSA) is 24.9 Å². The zero-order chi connectivity index (χ0) is 12.0. The fourth-order valence-electron chi connectivity index (χ4n) is 1.67. The maximum absolute atomic E-state index is 4.38. The first-order valence-electron chi connectivity index (χ1n) is 6.23. The molecule has 1 heterocycles. The van der Waals surface area contributed by atoms with Crippen LogP contribution in [0.4, 0.5) is 0 Å². The van der Waals surface area contributed by atoms with E-state index in [1.54, 1.807) is 0 Å². The van der Waals surface area contributed by atoms with Gasteiger partial charge < -0.3 is 5.32 Å². The molecule has 2 heteroatoms. The lowest BCUT2D eigenvalue weighted by molar-refractivity contribution is 0.352. The fraction of sp³-hybridized carbons (Fsp3) is 0.643. The second-order valence-corrected chi connectivity index (χ2v) is 5.04. The van der Waals surface area contributed by atoms with E-state index in [0.29, 0.717) is 17.9 Å². The van der Waals surface area contributed by atoms with Gasteiger partial charge in [-0.1, -0.05) is 33.8 Å². The number of hydrogen-bond acceptors (Lipinski definition) is 2. The minimum Gasteiger partial charge on any atom is -0.314 e. The quantitative estimate of drug-likeness (QED) is 0.797. The van der Waals surface area contributed by atoms with E-state index in [1.165, 1.54) is 5.69 Å². The van der Waals surface area contributed by atoms with Crippen LogP contribution in [0.25, 0.3) is 0 Å². The summed E-state index contributed by atoms with van der Waals surface area (Å²) >= 11 is 0. The molecule has 0 aliphatic rings. The monoisotopic (exact) mass is 220 g/mol. The van der Waals surface area contributed by atoms with Gasteiger partial charge in [-0.05, 0) is 36.9 Å². The summed E-state index contributed by atoms with van der Waals surface area (Å²) < 4.78 is 0. The lowest BCUT2D eigenvalue weighted by Crippen LogP contribution is -2.31. The molecule has 0 aromatic carbocycles. The largest absolute Gasteiger partial charge is 0.314 e. The number of hydrogen-bond donors (Lipinski definition) is 1. The average Bonchev–Trinajstić information content (AvgIpc) is 2.27. The Kier molecular flexibility index (Phi) is 5.47. The zero-order valence-corrected chi connectivity index (χ0v) is 10.9. The van der Waals surface area contributed by atoms with Crippen molar-refractivity contribution < 1.29 is 0 Å². The van der Waals surface area contributed by atoms with Gasteiger partial charge in [0.05, 0.1) is 0 Å². The molecule has 2 nitrogen and oxygen atoms in total. The van der Waals surface area contributed by atoms with Crippen molar-refractivity contribution in [1.29, 1.82) is 0 Å². The average molecular weight is 220 g/mol. The molecule has 1 aromatic rings. The Balaban J connectivity index is 2.37. The highest BCUT2D eigenvalue weighted by Gasteiger charge is 2.13. The second kappa shape index (κ2) is 6.64. The van der Waals surface area contributed by atoms with Gasteiger partial charge in [-0.25, -0.2) is 0 Å². The maximum atomic E-state index is 4.38. The Morgan fingerprint density at radius 1 is 1.12 bits per heavy atom. The van der Waals surface area contributed by atoms with Crippen molar-refractivity contribution in [2.24, 2.45) is 11.8 Å². The molecule has 0 amide bonds. The molecule has 0 saturated carbocycles. The first-order chi connectivity index (χ1) is 7.59. The Labute approximate surface area is 99.5 Å². The van der Waals surface area contributed by atoms with Crippen molar-refractivity contribution in [2.45, 2.75) is 40.2 Å². The zero-order valence-electron chi connectivity index (χ0n) is 10.9. The van der Waals surface area contributed by atoms with Gasteiger partial charge in [0.25, 0.3) is 0 Å². The van der Waals surface area contributed by atoms with Crippen LogP contribution in [0.2, 0.25) is 0 Å². The molecule has 1 aromatic heterocycles. The van der Waals surface area contributed by atoms with Crippen LogP contribution < -0.4 is 5.32 Å². The van der Waals surface area contributed by atoms with Gasteiger partial charge in [-0.15, -0.1) is 0 Å². The number of nitrogens with zero attached hydrogens (tertiary/aromatic N) is 1. The standard InChI is InChI=1S/C14H24N2/c1-11(2)16-10-13(4)12(3)9-14-7-5-6-8-15-14/h5-8,11-13,16H,9-10H2,1-4H3. The second-order valence-electron chi connectivity index (χ2n) is 5.04. The van der Waals surface area contributed by atoms with Gasteiger partial charge in [0, 0.05) is 17.9 Å². The Morgan fingerprint density at radius 2 is 1.88 bits per heavy atom. The third kappa shape index (κ3) is 4.75. The number of aromatic nitrogens is 1. The van der Waals surface area contributed by atoms with E-state index in [9.17, 15) is 0 Å². The highest BCUT2D eigenvalue weighted by Crippen LogP contribution is 2.15. The molecule has 90 valence electrons. The predicted molar refractivity (Wildman–Crippen MR) is 69.4 cm³/mol. The van der Waals surface area contributed by atoms with Gasteiger partial charge in [0.1, 0.15) is 0 Å². The van der Waals surface area contributed by atoms with Crippen molar-refractivity contribution in [2.75, 3.05) is 6.54 Å². The van der Waals surface area contributed by atoms with Gasteiger partial charge >= 0.3 is 0 Å². The lowest BCUT2D eigenvalue weighted by Gasteiger charge is -2.21. The molecule has 16 heavy (non-hydrogen) atoms. The third-order valence-corrected chi connectivity index (χ3v) is 3.08. The molecule has 1 N–H and O–H groups in total. The minimum atomic E-state index is 0.574. The molecule has 2 atom stereocenters. The predicted octanol–water partition coefficient (Wildman–Crippen LogP) is 2.89. The molecule has 0 radical (unpaired) electrons. The van der Waals surface area contributed by atoms with Crippen LogP contribution in [-0.4, -0.2) is 17.6 Å². The Hall–Kier alpha value is -0.890. The maximum Gasteiger partial charge on any atom is 0.0406 e. The van der Waals surface area contributed by atoms with E-state index >= 15 is 0 Å². The van der Waals surface area contributed by atoms with Crippen molar-refractivity contribution in [1.82, 2.24) is 10.3 Å². The summed E-state index contributed by atoms with van der Waals surface area (Å²) in [4.78, 5) is 4.38. The molecule has 0 saturated heterocycles. The van der Waals surface area contributed by atoms with E-state index in [4.69, 9.17) is 0 Å². The number of rotatable bonds is 6. The summed E-state index contributed by atoms with van der Waals surface area (Å²) in [6.07, 6.45) is 2.95. The molecule has 0 aliphatic carbocycles. The molecule has 2 unspecified atom stereocenters. The SMILES string of the molecule is CC(C)NCC(C)C(C)Cc1ccccn1. The molecule has 0 aliphatic heterocycles. The highest BCUT2D eigenvalue weighted by atomic mass is 14.9. The summed E-state index contributed by atoms with van der Waals surface area (Å²) in [5.74, 6) is 1.35. The molecule has 0 spiro atoms. The van der Waals surface area contributed by atoms with Gasteiger partial charge in [0.15, 0.2) is 0 Å². The Bertz CT molecular complexity index is 282. The van der Waals surface area contributed by atoms with Crippen LogP contribution in [0.1, 0.15) is 33.4 Å². The lowest BCUT2D eigenvalue weighted by atomic mass is 9.91. The summed E-state index contributed by atoms with van der Waals surface area (Å²) in [6, 6.07) is 6.72.